The van der Waals surface area contributed by atoms with E-state index in [9.17, 15) is 35.1 Å². The average Bonchev–Trinajstić information content (AvgIpc) is 0.983. The van der Waals surface area contributed by atoms with E-state index in [0.717, 1.165) is 64.2 Å². The summed E-state index contributed by atoms with van der Waals surface area (Å²) >= 11 is 0. The maximum atomic E-state index is 13.0. The fraction of sp³-hybridized carbons (Fsp3) is 0.848. The smallest absolute Gasteiger partial charge is 0.305 e. The Balaban J connectivity index is 1.87. The molecule has 1 heterocycles. The summed E-state index contributed by atoms with van der Waals surface area (Å²) in [5, 5.41) is 54.3. The minimum absolute atomic E-state index is 0.00587. The number of allylic oxidation sites excluding steroid dienone is 9. The predicted octanol–water partition coefficient (Wildman–Crippen LogP) is 20.5. The normalized spacial score (nSPS) is 18.0. The molecule has 0 aliphatic carbocycles. The van der Waals surface area contributed by atoms with Crippen molar-refractivity contribution in [3.8, 4) is 0 Å². The molecular formula is C79H145NO10. The van der Waals surface area contributed by atoms with Crippen molar-refractivity contribution in [2.75, 3.05) is 19.8 Å². The van der Waals surface area contributed by atoms with Gasteiger partial charge in [-0.05, 0) is 103 Å². The molecule has 90 heavy (non-hydrogen) atoms. The molecule has 11 heteroatoms. The molecule has 7 unspecified atom stereocenters. The number of esters is 1. The van der Waals surface area contributed by atoms with Crippen LogP contribution in [0, 0.1) is 0 Å². The largest absolute Gasteiger partial charge is 0.466 e. The molecule has 7 atom stereocenters. The van der Waals surface area contributed by atoms with Gasteiger partial charge in [0.15, 0.2) is 6.29 Å². The highest BCUT2D eigenvalue weighted by molar-refractivity contribution is 5.76. The minimum atomic E-state index is -1.57. The third kappa shape index (κ3) is 55.8. The Kier molecular flexibility index (Phi) is 64.3. The molecule has 11 nitrogen and oxygen atoms in total. The molecule has 6 N–H and O–H groups in total. The zero-order chi connectivity index (χ0) is 65.1. The Hall–Kier alpha value is -2.64. The lowest BCUT2D eigenvalue weighted by Crippen LogP contribution is -2.60. The molecule has 0 aromatic heterocycles. The van der Waals surface area contributed by atoms with Crippen molar-refractivity contribution in [3.05, 3.63) is 60.8 Å². The molecule has 0 aromatic carbocycles. The SMILES string of the molecule is CCCCC/C=C/CC/C=C/C(O)C(COC1OC(CO)C(O)C(O)C1O)NC(=O)CCCCCCCCCCCCCCCCCCC/C=C\C/C=C\CCCCCCCCCCCCCCCCCOC(=O)CCCCCCC/C=C\CCCCCCC. The lowest BCUT2D eigenvalue weighted by atomic mass is 9.99. The molecule has 1 aliphatic rings. The first kappa shape index (κ1) is 85.4. The van der Waals surface area contributed by atoms with Gasteiger partial charge in [0.2, 0.25) is 5.91 Å². The number of aliphatic hydroxyl groups excluding tert-OH is 5. The van der Waals surface area contributed by atoms with Gasteiger partial charge in [0, 0.05) is 12.8 Å². The van der Waals surface area contributed by atoms with Crippen molar-refractivity contribution >= 4 is 11.9 Å². The van der Waals surface area contributed by atoms with Crippen LogP contribution < -0.4 is 5.32 Å². The number of carbonyl (C=O) groups is 2. The van der Waals surface area contributed by atoms with Crippen LogP contribution in [0.1, 0.15) is 367 Å². The van der Waals surface area contributed by atoms with E-state index in [-0.39, 0.29) is 18.5 Å². The number of rotatable bonds is 68. The topological polar surface area (TPSA) is 175 Å². The fourth-order valence-corrected chi connectivity index (χ4v) is 12.0. The molecule has 1 rings (SSSR count). The molecule has 0 radical (unpaired) electrons. The van der Waals surface area contributed by atoms with Crippen LogP contribution in [0.5, 0.6) is 0 Å². The monoisotopic (exact) mass is 1270 g/mol. The van der Waals surface area contributed by atoms with Crippen LogP contribution in [0.2, 0.25) is 0 Å². The standard InChI is InChI=1S/C79H145NO10/c1-3-5-7-9-11-13-14-15-44-47-51-55-59-63-67-75(84)88-68-64-60-56-52-48-45-42-40-38-36-34-32-30-28-26-24-22-20-18-16-17-19-21-23-25-27-29-31-33-35-37-39-41-43-46-50-54-58-62-66-74(83)80-71(72(82)65-61-57-53-49-12-10-8-6-4-2)70-89-79-78(87)77(86)76(85)73(69-81)90-79/h12,14-17,20,22,49,61,65,71-73,76-79,81-82,85-87H,3-11,13,18-19,21,23-48,50-60,62-64,66-70H2,1-2H3,(H,80,83)/b15-14-,17-16-,22-20-,49-12+,65-61+. The van der Waals surface area contributed by atoms with Crippen LogP contribution in [-0.4, -0.2) is 100 Å². The van der Waals surface area contributed by atoms with E-state index in [4.69, 9.17) is 14.2 Å². The molecule has 0 aromatic rings. The van der Waals surface area contributed by atoms with E-state index >= 15 is 0 Å². The van der Waals surface area contributed by atoms with Gasteiger partial charge in [-0.15, -0.1) is 0 Å². The maximum Gasteiger partial charge on any atom is 0.305 e. The molecule has 0 saturated carbocycles. The third-order valence-corrected chi connectivity index (χ3v) is 18.1. The molecule has 1 fully saturated rings. The highest BCUT2D eigenvalue weighted by Gasteiger charge is 2.44. The number of unbranched alkanes of at least 4 members (excludes halogenated alkanes) is 46. The molecule has 1 saturated heterocycles. The second-order valence-corrected chi connectivity index (χ2v) is 26.7. The number of amides is 1. The molecule has 1 aliphatic heterocycles. The van der Waals surface area contributed by atoms with Gasteiger partial charge in [-0.25, -0.2) is 0 Å². The highest BCUT2D eigenvalue weighted by Crippen LogP contribution is 2.23. The summed E-state index contributed by atoms with van der Waals surface area (Å²) in [5.41, 5.74) is 0. The van der Waals surface area contributed by atoms with E-state index in [0.29, 0.717) is 19.4 Å². The van der Waals surface area contributed by atoms with Crippen molar-refractivity contribution in [1.29, 1.82) is 0 Å². The lowest BCUT2D eigenvalue weighted by Gasteiger charge is -2.40. The van der Waals surface area contributed by atoms with Crippen LogP contribution in [0.3, 0.4) is 0 Å². The van der Waals surface area contributed by atoms with Crippen molar-refractivity contribution in [1.82, 2.24) is 5.32 Å². The van der Waals surface area contributed by atoms with Crippen LogP contribution in [0.4, 0.5) is 0 Å². The van der Waals surface area contributed by atoms with Crippen LogP contribution in [-0.2, 0) is 23.8 Å². The number of aliphatic hydroxyl groups is 5. The predicted molar refractivity (Wildman–Crippen MR) is 380 cm³/mol. The summed E-state index contributed by atoms with van der Waals surface area (Å²) in [4.78, 5) is 25.1. The van der Waals surface area contributed by atoms with Crippen molar-refractivity contribution in [2.24, 2.45) is 0 Å². The zero-order valence-electron chi connectivity index (χ0n) is 58.6. The van der Waals surface area contributed by atoms with Gasteiger partial charge in [0.1, 0.15) is 24.4 Å². The van der Waals surface area contributed by atoms with Gasteiger partial charge in [0.05, 0.1) is 32.0 Å². The van der Waals surface area contributed by atoms with Crippen LogP contribution in [0.25, 0.3) is 0 Å². The summed E-state index contributed by atoms with van der Waals surface area (Å²) in [6.45, 7) is 4.30. The van der Waals surface area contributed by atoms with Crippen LogP contribution >= 0.6 is 0 Å². The third-order valence-electron chi connectivity index (χ3n) is 18.1. The van der Waals surface area contributed by atoms with Crippen molar-refractivity contribution < 1.29 is 49.3 Å². The number of hydrogen-bond donors (Lipinski definition) is 6. The lowest BCUT2D eigenvalue weighted by molar-refractivity contribution is -0.302. The number of nitrogens with one attached hydrogen (secondary N) is 1. The first-order valence-corrected chi connectivity index (χ1v) is 38.6. The summed E-state index contributed by atoms with van der Waals surface area (Å²) in [7, 11) is 0. The van der Waals surface area contributed by atoms with Crippen LogP contribution in [0.15, 0.2) is 60.8 Å². The summed E-state index contributed by atoms with van der Waals surface area (Å²) in [6, 6.07) is -0.824. The summed E-state index contributed by atoms with van der Waals surface area (Å²) in [6.07, 6.45) is 81.3. The molecule has 0 bridgehead atoms. The van der Waals surface area contributed by atoms with Crippen molar-refractivity contribution in [3.63, 3.8) is 0 Å². The summed E-state index contributed by atoms with van der Waals surface area (Å²) in [5.74, 6) is -0.185. The second kappa shape index (κ2) is 67.8. The Labute approximate surface area is 554 Å². The van der Waals surface area contributed by atoms with Gasteiger partial charge in [-0.1, -0.05) is 312 Å². The quantitative estimate of drug-likeness (QED) is 0.0195. The Bertz CT molecular complexity index is 1680. The van der Waals surface area contributed by atoms with Gasteiger partial charge in [0.25, 0.3) is 0 Å². The average molecular weight is 1270 g/mol. The molecule has 0 spiro atoms. The van der Waals surface area contributed by atoms with Gasteiger partial charge in [-0.3, -0.25) is 9.59 Å². The molecule has 526 valence electrons. The van der Waals surface area contributed by atoms with Gasteiger partial charge in [-0.2, -0.15) is 0 Å². The summed E-state index contributed by atoms with van der Waals surface area (Å²) < 4.78 is 16.7. The van der Waals surface area contributed by atoms with Crippen molar-refractivity contribution in [2.45, 2.75) is 410 Å². The maximum absolute atomic E-state index is 13.0. The fourth-order valence-electron chi connectivity index (χ4n) is 12.0. The van der Waals surface area contributed by atoms with E-state index in [1.165, 1.54) is 276 Å². The molecule has 1 amide bonds. The number of hydrogen-bond acceptors (Lipinski definition) is 10. The van der Waals surface area contributed by atoms with E-state index < -0.39 is 49.5 Å². The van der Waals surface area contributed by atoms with Gasteiger partial charge >= 0.3 is 5.97 Å². The minimum Gasteiger partial charge on any atom is -0.466 e. The first-order valence-electron chi connectivity index (χ1n) is 38.6. The van der Waals surface area contributed by atoms with E-state index in [1.807, 2.05) is 6.08 Å². The first-order chi connectivity index (χ1) is 44.2. The Morgan fingerprint density at radius 1 is 0.411 bits per heavy atom. The Morgan fingerprint density at radius 2 is 0.756 bits per heavy atom. The number of carbonyl (C=O) groups excluding carboxylic acids is 2. The highest BCUT2D eigenvalue weighted by atomic mass is 16.7. The molecular weight excluding hydrogens is 1120 g/mol. The second-order valence-electron chi connectivity index (χ2n) is 26.7. The van der Waals surface area contributed by atoms with Gasteiger partial charge < -0.3 is 45.1 Å². The number of ether oxygens (including phenoxy) is 3. The Morgan fingerprint density at radius 3 is 1.19 bits per heavy atom. The zero-order valence-corrected chi connectivity index (χ0v) is 58.6. The van der Waals surface area contributed by atoms with E-state index in [1.54, 1.807) is 6.08 Å². The van der Waals surface area contributed by atoms with E-state index in [2.05, 4.69) is 67.8 Å².